The molecule has 0 aliphatic carbocycles. The van der Waals surface area contributed by atoms with Crippen molar-refractivity contribution < 1.29 is 19.0 Å². The highest BCUT2D eigenvalue weighted by atomic mass is 32.1. The summed E-state index contributed by atoms with van der Waals surface area (Å²) >= 11 is 1.63. The van der Waals surface area contributed by atoms with Crippen molar-refractivity contribution in [3.8, 4) is 11.5 Å². The summed E-state index contributed by atoms with van der Waals surface area (Å²) in [6.45, 7) is 0. The smallest absolute Gasteiger partial charge is 0.339 e. The van der Waals surface area contributed by atoms with Crippen molar-refractivity contribution in [1.29, 1.82) is 0 Å². The first-order chi connectivity index (χ1) is 11.2. The highest BCUT2D eigenvalue weighted by Gasteiger charge is 2.35. The van der Waals surface area contributed by atoms with Crippen LogP contribution in [0.5, 0.6) is 11.5 Å². The van der Waals surface area contributed by atoms with Crippen LogP contribution in [0.1, 0.15) is 26.9 Å². The van der Waals surface area contributed by atoms with E-state index >= 15 is 0 Å². The summed E-state index contributed by atoms with van der Waals surface area (Å²) in [7, 11) is 3.13. The molecule has 1 aliphatic rings. The van der Waals surface area contributed by atoms with E-state index in [-0.39, 0.29) is 5.97 Å². The number of benzene rings is 2. The maximum atomic E-state index is 12.2. The maximum absolute atomic E-state index is 12.2. The summed E-state index contributed by atoms with van der Waals surface area (Å²) < 4.78 is 17.4. The Morgan fingerprint density at radius 2 is 1.78 bits per heavy atom. The molecule has 0 radical (unpaired) electrons. The number of esters is 1. The van der Waals surface area contributed by atoms with Crippen LogP contribution in [-0.2, 0) is 4.74 Å². The van der Waals surface area contributed by atoms with Crippen molar-refractivity contribution in [2.24, 2.45) is 0 Å². The Balaban J connectivity index is 1.85. The van der Waals surface area contributed by atoms with Crippen LogP contribution in [0.15, 0.2) is 42.5 Å². The number of cyclic esters (lactones) is 1. The van der Waals surface area contributed by atoms with Gasteiger partial charge in [-0.2, -0.15) is 0 Å². The Morgan fingerprint density at radius 1 is 1.04 bits per heavy atom. The van der Waals surface area contributed by atoms with E-state index < -0.39 is 6.10 Å². The second kappa shape index (κ2) is 5.28. The second-order valence-electron chi connectivity index (χ2n) is 5.27. The highest BCUT2D eigenvalue weighted by Crippen LogP contribution is 2.44. The molecule has 1 aliphatic heterocycles. The van der Waals surface area contributed by atoms with Crippen LogP contribution in [0.25, 0.3) is 10.1 Å². The molecule has 2 aromatic carbocycles. The lowest BCUT2D eigenvalue weighted by atomic mass is 10.0. The molecule has 0 saturated heterocycles. The molecular weight excluding hydrogens is 312 g/mol. The Hall–Kier alpha value is -2.53. The number of carbonyl (C=O) groups is 1. The molecule has 0 N–H and O–H groups in total. The third kappa shape index (κ3) is 2.16. The van der Waals surface area contributed by atoms with Crippen LogP contribution >= 0.6 is 11.3 Å². The lowest BCUT2D eigenvalue weighted by molar-refractivity contribution is 0.0461. The van der Waals surface area contributed by atoms with Crippen molar-refractivity contribution in [2.45, 2.75) is 6.10 Å². The van der Waals surface area contributed by atoms with E-state index in [0.717, 1.165) is 15.8 Å². The van der Waals surface area contributed by atoms with E-state index in [1.165, 1.54) is 4.70 Å². The van der Waals surface area contributed by atoms with Gasteiger partial charge in [0, 0.05) is 10.3 Å². The van der Waals surface area contributed by atoms with E-state index in [4.69, 9.17) is 14.2 Å². The van der Waals surface area contributed by atoms with Crippen molar-refractivity contribution in [3.63, 3.8) is 0 Å². The van der Waals surface area contributed by atoms with Gasteiger partial charge in [-0.1, -0.05) is 18.2 Å². The number of fused-ring (bicyclic) bond motifs is 2. The van der Waals surface area contributed by atoms with Gasteiger partial charge < -0.3 is 14.2 Å². The summed E-state index contributed by atoms with van der Waals surface area (Å²) in [4.78, 5) is 13.2. The monoisotopic (exact) mass is 326 g/mol. The zero-order valence-electron chi connectivity index (χ0n) is 12.7. The minimum Gasteiger partial charge on any atom is -0.493 e. The van der Waals surface area contributed by atoms with Crippen molar-refractivity contribution >= 4 is 27.4 Å². The van der Waals surface area contributed by atoms with Crippen LogP contribution in [0, 0.1) is 0 Å². The molecule has 2 heterocycles. The molecule has 0 fully saturated rings. The van der Waals surface area contributed by atoms with E-state index in [9.17, 15) is 4.79 Å². The number of methoxy groups -OCH3 is 2. The number of hydrogen-bond donors (Lipinski definition) is 0. The average molecular weight is 326 g/mol. The molecule has 4 nitrogen and oxygen atoms in total. The third-order valence-electron chi connectivity index (χ3n) is 3.99. The molecular formula is C18H14O4S. The van der Waals surface area contributed by atoms with Crippen molar-refractivity contribution in [1.82, 2.24) is 0 Å². The van der Waals surface area contributed by atoms with Gasteiger partial charge in [0.15, 0.2) is 17.6 Å². The lowest BCUT2D eigenvalue weighted by Crippen LogP contribution is -1.98. The van der Waals surface area contributed by atoms with Crippen LogP contribution in [0.2, 0.25) is 0 Å². The van der Waals surface area contributed by atoms with Gasteiger partial charge in [0.2, 0.25) is 0 Å². The lowest BCUT2D eigenvalue weighted by Gasteiger charge is -2.11. The summed E-state index contributed by atoms with van der Waals surface area (Å²) in [5.41, 5.74) is 1.35. The van der Waals surface area contributed by atoms with E-state index in [2.05, 4.69) is 18.2 Å². The van der Waals surface area contributed by atoms with Crippen LogP contribution in [0.3, 0.4) is 0 Å². The fourth-order valence-electron chi connectivity index (χ4n) is 2.87. The first kappa shape index (κ1) is 14.1. The first-order valence-corrected chi connectivity index (χ1v) is 7.98. The molecule has 5 heteroatoms. The van der Waals surface area contributed by atoms with Gasteiger partial charge in [0.25, 0.3) is 0 Å². The van der Waals surface area contributed by atoms with Gasteiger partial charge in [0.05, 0.1) is 24.7 Å². The van der Waals surface area contributed by atoms with E-state index in [1.54, 1.807) is 31.6 Å². The minimum atomic E-state index is -0.394. The summed E-state index contributed by atoms with van der Waals surface area (Å²) in [6.07, 6.45) is -0.394. The Kier molecular flexibility index (Phi) is 3.23. The van der Waals surface area contributed by atoms with Gasteiger partial charge >= 0.3 is 5.97 Å². The number of rotatable bonds is 3. The fourth-order valence-corrected chi connectivity index (χ4v) is 3.98. The molecule has 0 spiro atoms. The Morgan fingerprint density at radius 3 is 2.52 bits per heavy atom. The number of carbonyl (C=O) groups excluding carboxylic acids is 1. The molecule has 0 amide bonds. The first-order valence-electron chi connectivity index (χ1n) is 7.16. The Bertz CT molecular complexity index is 880. The molecule has 0 bridgehead atoms. The standard InChI is InChI=1S/C18H14O4S/c1-20-13-8-11-12(9-14(13)21-2)18(19)22-17(11)16-7-10-5-3-4-6-15(10)23-16/h3-9,17H,1-2H3. The highest BCUT2D eigenvalue weighted by molar-refractivity contribution is 7.19. The van der Waals surface area contributed by atoms with Gasteiger partial charge in [-0.15, -0.1) is 11.3 Å². The number of hydrogen-bond acceptors (Lipinski definition) is 5. The topological polar surface area (TPSA) is 44.8 Å². The predicted octanol–water partition coefficient (Wildman–Crippen LogP) is 4.18. The molecule has 1 aromatic heterocycles. The minimum absolute atomic E-state index is 0.330. The fraction of sp³-hybridized carbons (Fsp3) is 0.167. The van der Waals surface area contributed by atoms with E-state index in [0.29, 0.717) is 17.1 Å². The normalized spacial score (nSPS) is 16.3. The zero-order chi connectivity index (χ0) is 16.0. The van der Waals surface area contributed by atoms with Gasteiger partial charge in [0.1, 0.15) is 0 Å². The molecule has 0 saturated carbocycles. The predicted molar refractivity (Wildman–Crippen MR) is 88.6 cm³/mol. The SMILES string of the molecule is COc1cc2c(cc1OC)C(c1cc3ccccc3s1)OC2=O. The zero-order valence-corrected chi connectivity index (χ0v) is 13.5. The molecule has 4 rings (SSSR count). The maximum Gasteiger partial charge on any atom is 0.339 e. The molecule has 1 atom stereocenters. The van der Waals surface area contributed by atoms with Gasteiger partial charge in [-0.05, 0) is 29.7 Å². The second-order valence-corrected chi connectivity index (χ2v) is 6.38. The summed E-state index contributed by atoms with van der Waals surface area (Å²) in [5, 5.41) is 1.15. The largest absolute Gasteiger partial charge is 0.493 e. The van der Waals surface area contributed by atoms with Crippen LogP contribution < -0.4 is 9.47 Å². The molecule has 3 aromatic rings. The summed E-state index contributed by atoms with van der Waals surface area (Å²) in [5.74, 6) is 0.791. The molecule has 23 heavy (non-hydrogen) atoms. The summed E-state index contributed by atoms with van der Waals surface area (Å²) in [6, 6.07) is 13.7. The third-order valence-corrected chi connectivity index (χ3v) is 5.15. The van der Waals surface area contributed by atoms with Crippen LogP contribution in [-0.4, -0.2) is 20.2 Å². The number of thiophene rings is 1. The molecule has 116 valence electrons. The van der Waals surface area contributed by atoms with Crippen molar-refractivity contribution in [3.05, 3.63) is 58.5 Å². The molecule has 1 unspecified atom stereocenters. The van der Waals surface area contributed by atoms with E-state index in [1.807, 2.05) is 18.2 Å². The van der Waals surface area contributed by atoms with Crippen molar-refractivity contribution in [2.75, 3.05) is 14.2 Å². The van der Waals surface area contributed by atoms with Gasteiger partial charge in [-0.25, -0.2) is 4.79 Å². The quantitative estimate of drug-likeness (QED) is 0.677. The van der Waals surface area contributed by atoms with Gasteiger partial charge in [-0.3, -0.25) is 0 Å². The average Bonchev–Trinajstić information content (AvgIpc) is 3.14. The Labute approximate surface area is 137 Å². The number of ether oxygens (including phenoxy) is 3. The van der Waals surface area contributed by atoms with Crippen LogP contribution in [0.4, 0.5) is 0 Å².